The zero-order chi connectivity index (χ0) is 41.9. The zero-order valence-electron chi connectivity index (χ0n) is 31.8. The number of amides is 3. The number of anilines is 3. The van der Waals surface area contributed by atoms with Gasteiger partial charge in [0, 0.05) is 4.47 Å². The molecule has 0 atom stereocenters. The Kier molecular flexibility index (Phi) is 25.0. The third-order valence-corrected chi connectivity index (χ3v) is 7.95. The van der Waals surface area contributed by atoms with Crippen molar-refractivity contribution in [3.05, 3.63) is 70.2 Å². The van der Waals surface area contributed by atoms with Crippen LogP contribution in [0.2, 0.25) is 0 Å². The minimum atomic E-state index is -1.40. The molecule has 12 nitrogen and oxygen atoms in total. The van der Waals surface area contributed by atoms with Crippen LogP contribution in [0.15, 0.2) is 46.9 Å². The number of hydrogen-bond acceptors (Lipinski definition) is 9. The van der Waals surface area contributed by atoms with Crippen LogP contribution >= 0.6 is 15.9 Å². The van der Waals surface area contributed by atoms with Crippen LogP contribution < -0.4 is 16.0 Å². The van der Waals surface area contributed by atoms with E-state index in [9.17, 15) is 47.3 Å². The fourth-order valence-corrected chi connectivity index (χ4v) is 4.87. The number of ether oxygens (including phenoxy) is 3. The third-order valence-electron chi connectivity index (χ3n) is 7.49. The van der Waals surface area contributed by atoms with E-state index < -0.39 is 58.8 Å². The molecule has 0 fully saturated rings. The fourth-order valence-electron chi connectivity index (χ4n) is 4.44. The van der Waals surface area contributed by atoms with Crippen molar-refractivity contribution < 1.29 is 61.5 Å². The molecule has 3 amide bonds. The van der Waals surface area contributed by atoms with Gasteiger partial charge in [-0.2, -0.15) is 4.39 Å². The van der Waals surface area contributed by atoms with Gasteiger partial charge in [-0.1, -0.05) is 101 Å². The predicted molar refractivity (Wildman–Crippen MR) is 209 cm³/mol. The quantitative estimate of drug-likeness (QED) is 0.0315. The van der Waals surface area contributed by atoms with Crippen molar-refractivity contribution in [3.8, 4) is 17.2 Å². The van der Waals surface area contributed by atoms with Crippen LogP contribution in [0, 0.1) is 23.3 Å². The van der Waals surface area contributed by atoms with Gasteiger partial charge >= 0.3 is 18.3 Å². The standard InChI is InChI=1S/C13H17BrFNO3.C13H17F2NO3.C13H18FNO3/c1-2-3-4-5-6-19-13(18)16-11-8-9(14)7-10(15)12(11)17;1-2-3-4-5-8-19-13(18)16-10-7-6-9(14)11(15)12(10)17;1-2-3-4-5-9-18-13(17)15-11-8-6-7-10(14)12(11)16/h7-8,17H,2-6H2,1H3,(H,16,18);6-7,17H,2-5,8H2,1H3,(H,16,18);6-8,16H,2-5,9H2,1H3,(H,15,17). The summed E-state index contributed by atoms with van der Waals surface area (Å²) in [5, 5.41) is 34.8. The number of para-hydroxylation sites is 1. The molecular formula is C39H52BrF4N3O9. The number of benzene rings is 3. The summed E-state index contributed by atoms with van der Waals surface area (Å²) in [5.41, 5.74) is -0.239. The number of carbonyl (C=O) groups is 3. The van der Waals surface area contributed by atoms with Gasteiger partial charge in [-0.15, -0.1) is 0 Å². The molecule has 0 aliphatic heterocycles. The number of aromatic hydroxyl groups is 3. The van der Waals surface area contributed by atoms with E-state index in [1.807, 2.05) is 0 Å². The van der Waals surface area contributed by atoms with E-state index in [-0.39, 0.29) is 23.7 Å². The molecule has 6 N–H and O–H groups in total. The molecule has 3 aromatic carbocycles. The zero-order valence-corrected chi connectivity index (χ0v) is 33.4. The van der Waals surface area contributed by atoms with Crippen molar-refractivity contribution >= 4 is 51.3 Å². The van der Waals surface area contributed by atoms with Gasteiger partial charge in [-0.3, -0.25) is 16.0 Å². The summed E-state index contributed by atoms with van der Waals surface area (Å²) in [6.45, 7) is 7.14. The summed E-state index contributed by atoms with van der Waals surface area (Å²) in [5.74, 6) is -6.31. The first-order valence-corrected chi connectivity index (χ1v) is 19.2. The molecule has 56 heavy (non-hydrogen) atoms. The molecule has 0 unspecified atom stereocenters. The van der Waals surface area contributed by atoms with Gasteiger partial charge in [0.15, 0.2) is 34.7 Å². The maximum absolute atomic E-state index is 13.2. The fraction of sp³-hybridized carbons (Fsp3) is 0.462. The SMILES string of the molecule is CCCCCCOC(=O)Nc1cc(Br)cc(F)c1O.CCCCCCOC(=O)Nc1ccc(F)c(F)c1O.CCCCCCOC(=O)Nc1cccc(F)c1O. The van der Waals surface area contributed by atoms with Crippen molar-refractivity contribution in [1.29, 1.82) is 0 Å². The Hall–Kier alpha value is -4.93. The van der Waals surface area contributed by atoms with E-state index in [4.69, 9.17) is 14.2 Å². The average Bonchev–Trinajstić information content (AvgIpc) is 3.16. The van der Waals surface area contributed by atoms with Crippen LogP contribution in [0.5, 0.6) is 17.2 Å². The molecule has 0 aromatic heterocycles. The second-order valence-electron chi connectivity index (χ2n) is 12.1. The van der Waals surface area contributed by atoms with Crippen LogP contribution in [0.25, 0.3) is 0 Å². The number of halogens is 5. The van der Waals surface area contributed by atoms with E-state index in [1.165, 1.54) is 18.2 Å². The highest BCUT2D eigenvalue weighted by molar-refractivity contribution is 9.10. The van der Waals surface area contributed by atoms with Gasteiger partial charge in [0.1, 0.15) is 0 Å². The summed E-state index contributed by atoms with van der Waals surface area (Å²) >= 11 is 3.07. The molecule has 0 aliphatic carbocycles. The molecule has 0 saturated heterocycles. The van der Waals surface area contributed by atoms with Gasteiger partial charge in [0.05, 0.1) is 36.9 Å². The second-order valence-corrected chi connectivity index (χ2v) is 13.1. The number of rotatable bonds is 18. The lowest BCUT2D eigenvalue weighted by Gasteiger charge is -2.09. The molecule has 0 bridgehead atoms. The molecule has 3 aromatic rings. The Morgan fingerprint density at radius 3 is 1.43 bits per heavy atom. The third kappa shape index (κ3) is 20.1. The van der Waals surface area contributed by atoms with Gasteiger partial charge in [-0.05, 0) is 55.7 Å². The van der Waals surface area contributed by atoms with Crippen LogP contribution in [0.4, 0.5) is 49.0 Å². The van der Waals surface area contributed by atoms with E-state index in [0.717, 1.165) is 101 Å². The first-order chi connectivity index (χ1) is 26.7. The van der Waals surface area contributed by atoms with Crippen molar-refractivity contribution in [2.24, 2.45) is 0 Å². The van der Waals surface area contributed by atoms with Gasteiger partial charge in [0.2, 0.25) is 5.82 Å². The lowest BCUT2D eigenvalue weighted by molar-refractivity contribution is 0.158. The van der Waals surface area contributed by atoms with E-state index in [2.05, 4.69) is 52.7 Å². The minimum absolute atomic E-state index is 0.00792. The monoisotopic (exact) mass is 861 g/mol. The van der Waals surface area contributed by atoms with E-state index >= 15 is 0 Å². The lowest BCUT2D eigenvalue weighted by Crippen LogP contribution is -2.14. The molecule has 0 aliphatic rings. The molecule has 0 heterocycles. The Morgan fingerprint density at radius 1 is 0.536 bits per heavy atom. The maximum atomic E-state index is 13.2. The van der Waals surface area contributed by atoms with Crippen LogP contribution in [0.3, 0.4) is 0 Å². The Morgan fingerprint density at radius 2 is 0.964 bits per heavy atom. The van der Waals surface area contributed by atoms with Gasteiger partial charge in [-0.25, -0.2) is 27.6 Å². The summed E-state index contributed by atoms with van der Waals surface area (Å²) < 4.78 is 67.0. The number of unbranched alkanes of at least 4 members (excludes halogenated alkanes) is 9. The van der Waals surface area contributed by atoms with Crippen molar-refractivity contribution in [3.63, 3.8) is 0 Å². The molecule has 0 radical (unpaired) electrons. The number of phenolic OH excluding ortho intramolecular Hbond substituents is 3. The highest BCUT2D eigenvalue weighted by atomic mass is 79.9. The number of carbonyl (C=O) groups excluding carboxylic acids is 3. The largest absolute Gasteiger partial charge is 0.503 e. The minimum Gasteiger partial charge on any atom is -0.503 e. The predicted octanol–water partition coefficient (Wildman–Crippen LogP) is 11.9. The van der Waals surface area contributed by atoms with Crippen LogP contribution in [-0.4, -0.2) is 53.4 Å². The highest BCUT2D eigenvalue weighted by Gasteiger charge is 2.15. The van der Waals surface area contributed by atoms with Crippen molar-refractivity contribution in [2.75, 3.05) is 35.8 Å². The summed E-state index contributed by atoms with van der Waals surface area (Å²) in [6.07, 6.45) is 9.68. The number of phenols is 3. The molecular weight excluding hydrogens is 810 g/mol. The Balaban J connectivity index is 0.000000420. The van der Waals surface area contributed by atoms with Gasteiger partial charge < -0.3 is 29.5 Å². The molecule has 3 rings (SSSR count). The summed E-state index contributed by atoms with van der Waals surface area (Å²) in [6, 6.07) is 8.28. The van der Waals surface area contributed by atoms with Gasteiger partial charge in [0.25, 0.3) is 0 Å². The van der Waals surface area contributed by atoms with E-state index in [1.54, 1.807) is 0 Å². The Bertz CT molecular complexity index is 1650. The van der Waals surface area contributed by atoms with Crippen molar-refractivity contribution in [2.45, 2.75) is 97.8 Å². The summed E-state index contributed by atoms with van der Waals surface area (Å²) in [4.78, 5) is 34.1. The smallest absolute Gasteiger partial charge is 0.411 e. The average molecular weight is 863 g/mol. The molecule has 17 heteroatoms. The van der Waals surface area contributed by atoms with Crippen molar-refractivity contribution in [1.82, 2.24) is 0 Å². The first kappa shape index (κ1) is 49.1. The summed E-state index contributed by atoms with van der Waals surface area (Å²) in [7, 11) is 0. The number of hydrogen-bond donors (Lipinski definition) is 6. The molecule has 0 spiro atoms. The normalized spacial score (nSPS) is 10.2. The molecule has 0 saturated carbocycles. The highest BCUT2D eigenvalue weighted by Crippen LogP contribution is 2.31. The van der Waals surface area contributed by atoms with Crippen LogP contribution in [0.1, 0.15) is 97.8 Å². The number of nitrogens with one attached hydrogen (secondary N) is 3. The molecule has 312 valence electrons. The van der Waals surface area contributed by atoms with E-state index in [0.29, 0.717) is 17.7 Å². The maximum Gasteiger partial charge on any atom is 0.411 e. The van der Waals surface area contributed by atoms with Crippen LogP contribution in [-0.2, 0) is 14.2 Å². The first-order valence-electron chi connectivity index (χ1n) is 18.4. The Labute approximate surface area is 333 Å². The lowest BCUT2D eigenvalue weighted by atomic mass is 10.2. The second kappa shape index (κ2) is 28.5. The topological polar surface area (TPSA) is 176 Å².